The van der Waals surface area contributed by atoms with E-state index in [1.54, 1.807) is 32.2 Å². The zero-order chi connectivity index (χ0) is 16.9. The number of amides is 1. The first-order valence-corrected chi connectivity index (χ1v) is 7.78. The van der Waals surface area contributed by atoms with E-state index in [9.17, 15) is 14.7 Å². The minimum Gasteiger partial charge on any atom is -0.497 e. The van der Waals surface area contributed by atoms with Crippen LogP contribution in [0.1, 0.15) is 38.2 Å². The topological polar surface area (TPSA) is 75.6 Å². The molecular weight excluding hydrogens is 294 g/mol. The van der Waals surface area contributed by atoms with Gasteiger partial charge in [-0.15, -0.1) is 0 Å². The van der Waals surface area contributed by atoms with Gasteiger partial charge >= 0.3 is 5.97 Å². The zero-order valence-corrected chi connectivity index (χ0v) is 13.5. The van der Waals surface area contributed by atoms with E-state index in [4.69, 9.17) is 4.74 Å². The van der Waals surface area contributed by atoms with Crippen LogP contribution in [0.15, 0.2) is 36.4 Å². The van der Waals surface area contributed by atoms with Crippen molar-refractivity contribution in [3.05, 3.63) is 42.0 Å². The van der Waals surface area contributed by atoms with Crippen molar-refractivity contribution in [2.75, 3.05) is 7.11 Å². The second kappa shape index (κ2) is 7.31. The average Bonchev–Trinajstić information content (AvgIpc) is 2.55. The van der Waals surface area contributed by atoms with Gasteiger partial charge in [-0.1, -0.05) is 24.3 Å². The van der Waals surface area contributed by atoms with Gasteiger partial charge in [-0.25, -0.2) is 0 Å². The largest absolute Gasteiger partial charge is 0.497 e. The first-order valence-electron chi connectivity index (χ1n) is 7.78. The summed E-state index contributed by atoms with van der Waals surface area (Å²) in [5.74, 6) is -0.521. The lowest BCUT2D eigenvalue weighted by Crippen LogP contribution is -2.47. The highest BCUT2D eigenvalue weighted by molar-refractivity contribution is 5.81. The van der Waals surface area contributed by atoms with Crippen LogP contribution in [0.4, 0.5) is 0 Å². The molecule has 0 aromatic heterocycles. The summed E-state index contributed by atoms with van der Waals surface area (Å²) in [6.45, 7) is 1.74. The van der Waals surface area contributed by atoms with E-state index >= 15 is 0 Å². The van der Waals surface area contributed by atoms with E-state index in [2.05, 4.69) is 11.4 Å². The Labute approximate surface area is 136 Å². The molecule has 124 valence electrons. The highest BCUT2D eigenvalue weighted by atomic mass is 16.5. The normalized spacial score (nSPS) is 19.7. The number of nitrogens with one attached hydrogen (secondary N) is 1. The Bertz CT molecular complexity index is 611. The van der Waals surface area contributed by atoms with Crippen molar-refractivity contribution in [1.82, 2.24) is 5.32 Å². The second-order valence-electron chi connectivity index (χ2n) is 6.11. The van der Waals surface area contributed by atoms with Crippen molar-refractivity contribution in [2.24, 2.45) is 5.92 Å². The van der Waals surface area contributed by atoms with Gasteiger partial charge in [0.25, 0.3) is 0 Å². The number of methoxy groups -OCH3 is 1. The smallest absolute Gasteiger partial charge is 0.306 e. The third kappa shape index (κ3) is 4.34. The molecule has 1 aromatic carbocycles. The fraction of sp³-hybridized carbons (Fsp3) is 0.444. The number of allylic oxidation sites excluding steroid dienone is 2. The van der Waals surface area contributed by atoms with E-state index < -0.39 is 11.5 Å². The maximum absolute atomic E-state index is 12.6. The summed E-state index contributed by atoms with van der Waals surface area (Å²) < 4.78 is 5.21. The van der Waals surface area contributed by atoms with Gasteiger partial charge in [0.15, 0.2) is 0 Å². The average molecular weight is 317 g/mol. The van der Waals surface area contributed by atoms with Gasteiger partial charge in [0.05, 0.1) is 19.1 Å². The Hall–Kier alpha value is -2.30. The summed E-state index contributed by atoms with van der Waals surface area (Å²) in [7, 11) is 1.56. The minimum absolute atomic E-state index is 0.0964. The molecule has 0 bridgehead atoms. The van der Waals surface area contributed by atoms with Crippen LogP contribution in [0.2, 0.25) is 0 Å². The molecule has 1 aliphatic carbocycles. The van der Waals surface area contributed by atoms with E-state index in [-0.39, 0.29) is 18.2 Å². The van der Waals surface area contributed by atoms with Gasteiger partial charge in [-0.05, 0) is 43.9 Å². The molecule has 23 heavy (non-hydrogen) atoms. The van der Waals surface area contributed by atoms with Crippen LogP contribution in [-0.4, -0.2) is 24.1 Å². The molecule has 1 aromatic rings. The van der Waals surface area contributed by atoms with Gasteiger partial charge in [-0.2, -0.15) is 0 Å². The molecular formula is C18H23NO4. The lowest BCUT2D eigenvalue weighted by atomic mass is 9.86. The van der Waals surface area contributed by atoms with E-state index in [0.717, 1.165) is 18.4 Å². The number of carbonyl (C=O) groups excluding carboxylic acids is 1. The number of ether oxygens (including phenoxy) is 1. The standard InChI is InChI=1S/C18H23NO4/c1-18(12-16(20)21,14-9-6-10-15(11-14)23-2)19-17(22)13-7-4-3-5-8-13/h3-4,6,9-11,13H,5,7-8,12H2,1-2H3,(H,19,22)(H,20,21). The van der Waals surface area contributed by atoms with Gasteiger partial charge in [0.2, 0.25) is 5.91 Å². The molecule has 2 rings (SSSR count). The lowest BCUT2D eigenvalue weighted by molar-refractivity contribution is -0.139. The highest BCUT2D eigenvalue weighted by Crippen LogP contribution is 2.29. The molecule has 0 aliphatic heterocycles. The fourth-order valence-electron chi connectivity index (χ4n) is 2.89. The number of aliphatic carboxylic acids is 1. The van der Waals surface area contributed by atoms with Crippen molar-refractivity contribution < 1.29 is 19.4 Å². The van der Waals surface area contributed by atoms with Crippen LogP contribution in [0, 0.1) is 5.92 Å². The Morgan fingerprint density at radius 1 is 1.39 bits per heavy atom. The molecule has 1 aliphatic rings. The van der Waals surface area contributed by atoms with Crippen molar-refractivity contribution in [3.63, 3.8) is 0 Å². The number of hydrogen-bond acceptors (Lipinski definition) is 3. The van der Waals surface area contributed by atoms with Crippen LogP contribution in [0.25, 0.3) is 0 Å². The Balaban J connectivity index is 2.25. The maximum Gasteiger partial charge on any atom is 0.306 e. The number of carbonyl (C=O) groups is 2. The molecule has 2 atom stereocenters. The molecule has 2 N–H and O–H groups in total. The first kappa shape index (κ1) is 17.1. The molecule has 0 saturated heterocycles. The zero-order valence-electron chi connectivity index (χ0n) is 13.5. The summed E-state index contributed by atoms with van der Waals surface area (Å²) in [6.07, 6.45) is 6.27. The predicted molar refractivity (Wildman–Crippen MR) is 87.2 cm³/mol. The number of carboxylic acids is 1. The van der Waals surface area contributed by atoms with Crippen LogP contribution in [0.3, 0.4) is 0 Å². The fourth-order valence-corrected chi connectivity index (χ4v) is 2.89. The number of benzene rings is 1. The van der Waals surface area contributed by atoms with E-state index in [1.165, 1.54) is 0 Å². The van der Waals surface area contributed by atoms with Crippen LogP contribution < -0.4 is 10.1 Å². The molecule has 0 radical (unpaired) electrons. The van der Waals surface area contributed by atoms with Crippen molar-refractivity contribution in [3.8, 4) is 5.75 Å². The summed E-state index contributed by atoms with van der Waals surface area (Å²) in [4.78, 5) is 23.9. The van der Waals surface area contributed by atoms with E-state index in [1.807, 2.05) is 12.1 Å². The monoisotopic (exact) mass is 317 g/mol. The molecule has 5 nitrogen and oxygen atoms in total. The van der Waals surface area contributed by atoms with Crippen LogP contribution in [0.5, 0.6) is 5.75 Å². The second-order valence-corrected chi connectivity index (χ2v) is 6.11. The van der Waals surface area contributed by atoms with Crippen LogP contribution in [-0.2, 0) is 15.1 Å². The lowest BCUT2D eigenvalue weighted by Gasteiger charge is -2.32. The Morgan fingerprint density at radius 2 is 2.17 bits per heavy atom. The molecule has 0 fully saturated rings. The Kier molecular flexibility index (Phi) is 5.42. The van der Waals surface area contributed by atoms with Crippen molar-refractivity contribution >= 4 is 11.9 Å². The van der Waals surface area contributed by atoms with Gasteiger partial charge in [0, 0.05) is 5.92 Å². The highest BCUT2D eigenvalue weighted by Gasteiger charge is 2.34. The molecule has 0 heterocycles. The summed E-state index contributed by atoms with van der Waals surface area (Å²) in [5.41, 5.74) is -0.252. The minimum atomic E-state index is -0.974. The van der Waals surface area contributed by atoms with Crippen molar-refractivity contribution in [1.29, 1.82) is 0 Å². The third-order valence-corrected chi connectivity index (χ3v) is 4.25. The number of hydrogen-bond donors (Lipinski definition) is 2. The molecule has 5 heteroatoms. The number of carboxylic acid groups (broad SMARTS) is 1. The predicted octanol–water partition coefficient (Wildman–Crippen LogP) is 2.86. The van der Waals surface area contributed by atoms with E-state index in [0.29, 0.717) is 12.2 Å². The summed E-state index contributed by atoms with van der Waals surface area (Å²) >= 11 is 0. The molecule has 0 spiro atoms. The quantitative estimate of drug-likeness (QED) is 0.791. The molecule has 2 unspecified atom stereocenters. The van der Waals surface area contributed by atoms with Gasteiger partial charge in [-0.3, -0.25) is 9.59 Å². The van der Waals surface area contributed by atoms with Gasteiger partial charge < -0.3 is 15.2 Å². The molecule has 1 amide bonds. The summed E-state index contributed by atoms with van der Waals surface area (Å²) in [6, 6.07) is 7.17. The number of rotatable bonds is 6. The summed E-state index contributed by atoms with van der Waals surface area (Å²) in [5, 5.41) is 12.2. The van der Waals surface area contributed by atoms with Gasteiger partial charge in [0.1, 0.15) is 5.75 Å². The Morgan fingerprint density at radius 3 is 2.78 bits per heavy atom. The van der Waals surface area contributed by atoms with Crippen LogP contribution >= 0.6 is 0 Å². The first-order chi connectivity index (χ1) is 10.9. The third-order valence-electron chi connectivity index (χ3n) is 4.25. The molecule has 0 saturated carbocycles. The maximum atomic E-state index is 12.6. The van der Waals surface area contributed by atoms with Crippen molar-refractivity contribution in [2.45, 2.75) is 38.1 Å². The SMILES string of the molecule is COc1cccc(C(C)(CC(=O)O)NC(=O)C2CC=CCC2)c1.